The van der Waals surface area contributed by atoms with Crippen molar-refractivity contribution in [1.29, 1.82) is 0 Å². The van der Waals surface area contributed by atoms with Gasteiger partial charge in [0, 0.05) is 24.0 Å². The molecule has 0 amide bonds. The summed E-state index contributed by atoms with van der Waals surface area (Å²) in [6, 6.07) is 3.10. The van der Waals surface area contributed by atoms with E-state index in [1.165, 1.54) is 7.11 Å². The number of methoxy groups -OCH3 is 1. The quantitative estimate of drug-likeness (QED) is 0.562. The minimum absolute atomic E-state index is 0.0636. The molecule has 0 saturated heterocycles. The zero-order valence-corrected chi connectivity index (χ0v) is 17.7. The normalized spacial score (nSPS) is 19.8. The van der Waals surface area contributed by atoms with Gasteiger partial charge in [0.1, 0.15) is 10.6 Å². The summed E-state index contributed by atoms with van der Waals surface area (Å²) >= 11 is 0. The maximum atomic E-state index is 13.2. The van der Waals surface area contributed by atoms with Crippen LogP contribution in [0.25, 0.3) is 16.9 Å². The van der Waals surface area contributed by atoms with Crippen LogP contribution in [0.5, 0.6) is 5.75 Å². The predicted molar refractivity (Wildman–Crippen MR) is 113 cm³/mol. The van der Waals surface area contributed by atoms with Crippen LogP contribution in [-0.2, 0) is 10.0 Å². The number of benzene rings is 1. The lowest BCUT2D eigenvalue weighted by atomic mass is 9.94. The fourth-order valence-corrected chi connectivity index (χ4v) is 5.40. The topological polar surface area (TPSA) is 132 Å². The van der Waals surface area contributed by atoms with Gasteiger partial charge >= 0.3 is 0 Å². The van der Waals surface area contributed by atoms with E-state index in [1.807, 2.05) is 6.92 Å². The number of ether oxygens (including phenoxy) is 1. The van der Waals surface area contributed by atoms with E-state index >= 15 is 0 Å². The molecule has 30 heavy (non-hydrogen) atoms. The van der Waals surface area contributed by atoms with Crippen LogP contribution in [0.15, 0.2) is 35.6 Å². The van der Waals surface area contributed by atoms with Crippen LogP contribution >= 0.6 is 0 Å². The van der Waals surface area contributed by atoms with Crippen molar-refractivity contribution < 1.29 is 18.3 Å². The van der Waals surface area contributed by atoms with Crippen molar-refractivity contribution in [1.82, 2.24) is 19.1 Å². The molecule has 10 heteroatoms. The molecule has 1 aromatic carbocycles. The molecule has 0 atom stereocenters. The van der Waals surface area contributed by atoms with Gasteiger partial charge in [0.05, 0.1) is 25.1 Å². The second kappa shape index (κ2) is 7.86. The minimum Gasteiger partial charge on any atom is -0.495 e. The van der Waals surface area contributed by atoms with Crippen molar-refractivity contribution in [3.05, 3.63) is 36.3 Å². The molecule has 0 radical (unpaired) electrons. The number of aromatic nitrogens is 3. The van der Waals surface area contributed by atoms with Gasteiger partial charge in [-0.15, -0.1) is 0 Å². The van der Waals surface area contributed by atoms with Crippen molar-refractivity contribution in [3.63, 3.8) is 0 Å². The molecule has 1 fully saturated rings. The zero-order chi connectivity index (χ0) is 21.5. The molecular weight excluding hydrogens is 406 g/mol. The van der Waals surface area contributed by atoms with Gasteiger partial charge in [-0.05, 0) is 50.3 Å². The maximum Gasteiger partial charge on any atom is 0.244 e. The van der Waals surface area contributed by atoms with Crippen molar-refractivity contribution in [2.75, 3.05) is 12.8 Å². The summed E-state index contributed by atoms with van der Waals surface area (Å²) in [6.07, 6.45) is 6.96. The predicted octanol–water partition coefficient (Wildman–Crippen LogP) is 1.88. The molecule has 0 bridgehead atoms. The van der Waals surface area contributed by atoms with E-state index < -0.39 is 10.0 Å². The SMILES string of the molecule is COc1cc(C)c(-c2cnc3c(N)nccn23)cc1S(=O)(=O)N[C@H]1CC[C@H](O)CC1. The van der Waals surface area contributed by atoms with Crippen LogP contribution in [0.3, 0.4) is 0 Å². The van der Waals surface area contributed by atoms with E-state index in [0.29, 0.717) is 48.4 Å². The smallest absolute Gasteiger partial charge is 0.244 e. The highest BCUT2D eigenvalue weighted by Gasteiger charge is 2.28. The van der Waals surface area contributed by atoms with Gasteiger partial charge in [-0.1, -0.05) is 0 Å². The van der Waals surface area contributed by atoms with Gasteiger partial charge in [-0.2, -0.15) is 0 Å². The lowest BCUT2D eigenvalue weighted by Gasteiger charge is -2.26. The van der Waals surface area contributed by atoms with Crippen molar-refractivity contribution in [2.45, 2.75) is 49.6 Å². The van der Waals surface area contributed by atoms with E-state index in [0.717, 1.165) is 5.56 Å². The monoisotopic (exact) mass is 431 g/mol. The Bertz CT molecular complexity index is 1180. The Balaban J connectivity index is 1.77. The largest absolute Gasteiger partial charge is 0.495 e. The molecule has 4 rings (SSSR count). The highest BCUT2D eigenvalue weighted by Crippen LogP contribution is 2.34. The number of aliphatic hydroxyl groups excluding tert-OH is 1. The third-order valence-corrected chi connectivity index (χ3v) is 7.09. The number of imidazole rings is 1. The number of nitrogens with zero attached hydrogens (tertiary/aromatic N) is 3. The second-order valence-electron chi connectivity index (χ2n) is 7.59. The molecule has 160 valence electrons. The number of hydrogen-bond acceptors (Lipinski definition) is 7. The number of hydrogen-bond donors (Lipinski definition) is 3. The standard InChI is InChI=1S/C20H25N5O4S/c1-12-9-17(29-2)18(30(27,28)24-13-3-5-14(26)6-4-13)10-15(12)16-11-23-20-19(21)22-7-8-25(16)20/h7-11,13-14,24,26H,3-6H2,1-2H3,(H2,21,22)/t13-,14-. The highest BCUT2D eigenvalue weighted by atomic mass is 32.2. The average Bonchev–Trinajstić information content (AvgIpc) is 3.14. The number of fused-ring (bicyclic) bond motifs is 1. The molecule has 1 saturated carbocycles. The van der Waals surface area contributed by atoms with Crippen molar-refractivity contribution in [2.24, 2.45) is 0 Å². The summed E-state index contributed by atoms with van der Waals surface area (Å²) in [5.41, 5.74) is 8.66. The van der Waals surface area contributed by atoms with Crippen LogP contribution in [0.2, 0.25) is 0 Å². The first-order valence-electron chi connectivity index (χ1n) is 9.77. The Labute approximate surface area is 175 Å². The van der Waals surface area contributed by atoms with Crippen LogP contribution in [-0.4, -0.2) is 47.1 Å². The number of aliphatic hydroxyl groups is 1. The van der Waals surface area contributed by atoms with Crippen molar-refractivity contribution >= 4 is 21.5 Å². The molecule has 0 spiro atoms. The molecule has 9 nitrogen and oxygen atoms in total. The summed E-state index contributed by atoms with van der Waals surface area (Å²) in [6.45, 7) is 1.88. The zero-order valence-electron chi connectivity index (χ0n) is 16.9. The number of nitrogen functional groups attached to an aromatic ring is 1. The average molecular weight is 432 g/mol. The molecule has 1 aliphatic rings. The third kappa shape index (κ3) is 3.73. The summed E-state index contributed by atoms with van der Waals surface area (Å²) in [5, 5.41) is 9.68. The Morgan fingerprint density at radius 1 is 1.23 bits per heavy atom. The molecular formula is C20H25N5O4S. The first-order chi connectivity index (χ1) is 14.3. The molecule has 2 heterocycles. The first-order valence-corrected chi connectivity index (χ1v) is 11.3. The third-order valence-electron chi connectivity index (χ3n) is 5.55. The van der Waals surface area contributed by atoms with Gasteiger partial charge in [0.25, 0.3) is 0 Å². The van der Waals surface area contributed by atoms with Crippen LogP contribution in [0, 0.1) is 6.92 Å². The number of anilines is 1. The molecule has 0 aliphatic heterocycles. The number of nitrogens with two attached hydrogens (primary N) is 1. The second-order valence-corrected chi connectivity index (χ2v) is 9.28. The van der Waals surface area contributed by atoms with E-state index in [1.54, 1.807) is 35.1 Å². The van der Waals surface area contributed by atoms with Gasteiger partial charge in [0.2, 0.25) is 10.0 Å². The minimum atomic E-state index is -3.84. The number of rotatable bonds is 5. The molecule has 0 unspecified atom stereocenters. The van der Waals surface area contributed by atoms with Gasteiger partial charge in [-0.25, -0.2) is 23.1 Å². The number of aryl methyl sites for hydroxylation is 1. The summed E-state index contributed by atoms with van der Waals surface area (Å²) in [4.78, 5) is 8.43. The molecule has 2 aromatic heterocycles. The lowest BCUT2D eigenvalue weighted by Crippen LogP contribution is -2.38. The van der Waals surface area contributed by atoms with Crippen LogP contribution < -0.4 is 15.2 Å². The number of sulfonamides is 1. The lowest BCUT2D eigenvalue weighted by molar-refractivity contribution is 0.120. The fraction of sp³-hybridized carbons (Fsp3) is 0.400. The van der Waals surface area contributed by atoms with Crippen molar-refractivity contribution in [3.8, 4) is 17.0 Å². The van der Waals surface area contributed by atoms with E-state index in [2.05, 4.69) is 14.7 Å². The van der Waals surface area contributed by atoms with Gasteiger partial charge < -0.3 is 15.6 Å². The van der Waals surface area contributed by atoms with E-state index in [9.17, 15) is 13.5 Å². The molecule has 4 N–H and O–H groups in total. The van der Waals surface area contributed by atoms with E-state index in [4.69, 9.17) is 10.5 Å². The number of nitrogens with one attached hydrogen (secondary N) is 1. The Hall–Kier alpha value is -2.69. The summed E-state index contributed by atoms with van der Waals surface area (Å²) in [7, 11) is -2.39. The van der Waals surface area contributed by atoms with Crippen LogP contribution in [0.4, 0.5) is 5.82 Å². The maximum absolute atomic E-state index is 13.2. The highest BCUT2D eigenvalue weighted by molar-refractivity contribution is 7.89. The van der Waals surface area contributed by atoms with Crippen LogP contribution in [0.1, 0.15) is 31.2 Å². The first kappa shape index (κ1) is 20.6. The summed E-state index contributed by atoms with van der Waals surface area (Å²) < 4.78 is 36.4. The van der Waals surface area contributed by atoms with E-state index in [-0.39, 0.29) is 22.8 Å². The summed E-state index contributed by atoms with van der Waals surface area (Å²) in [5.74, 6) is 0.568. The Morgan fingerprint density at radius 2 is 1.97 bits per heavy atom. The van der Waals surface area contributed by atoms with Gasteiger partial charge in [0.15, 0.2) is 11.5 Å². The van der Waals surface area contributed by atoms with Gasteiger partial charge in [-0.3, -0.25) is 4.40 Å². The molecule has 3 aromatic rings. The fourth-order valence-electron chi connectivity index (χ4n) is 3.92. The molecule has 1 aliphatic carbocycles. The Kier molecular flexibility index (Phi) is 5.39. The Morgan fingerprint density at radius 3 is 2.67 bits per heavy atom.